The van der Waals surface area contributed by atoms with E-state index in [1.807, 2.05) is 49.4 Å². The number of fused-ring (bicyclic) bond motifs is 1. The van der Waals surface area contributed by atoms with E-state index in [1.165, 1.54) is 6.20 Å². The van der Waals surface area contributed by atoms with Crippen molar-refractivity contribution in [1.82, 2.24) is 19.7 Å². The van der Waals surface area contributed by atoms with Crippen molar-refractivity contribution in [2.45, 2.75) is 12.1 Å². The molecule has 2 N–H and O–H groups in total. The number of carbonyl (C=O) groups is 1. The van der Waals surface area contributed by atoms with Gasteiger partial charge in [0.1, 0.15) is 16.8 Å². The Morgan fingerprint density at radius 1 is 1.20 bits per heavy atom. The van der Waals surface area contributed by atoms with Crippen molar-refractivity contribution < 1.29 is 9.53 Å². The molecule has 0 aliphatic heterocycles. The highest BCUT2D eigenvalue weighted by atomic mass is 32.2. The predicted octanol–water partition coefficient (Wildman–Crippen LogP) is 3.16. The van der Waals surface area contributed by atoms with Crippen LogP contribution in [0.4, 0.5) is 5.69 Å². The molecule has 0 radical (unpaired) electrons. The van der Waals surface area contributed by atoms with Gasteiger partial charge in [0.25, 0.3) is 5.56 Å². The van der Waals surface area contributed by atoms with Gasteiger partial charge in [-0.25, -0.2) is 9.67 Å². The molecule has 0 bridgehead atoms. The zero-order chi connectivity index (χ0) is 21.1. The van der Waals surface area contributed by atoms with Crippen molar-refractivity contribution in [2.75, 3.05) is 18.2 Å². The third-order valence-corrected chi connectivity index (χ3v) is 5.28. The molecule has 0 saturated carbocycles. The minimum absolute atomic E-state index is 0.102. The number of ether oxygens (including phenoxy) is 1. The van der Waals surface area contributed by atoms with Crippen LogP contribution in [0, 0.1) is 6.92 Å². The Morgan fingerprint density at radius 3 is 2.73 bits per heavy atom. The summed E-state index contributed by atoms with van der Waals surface area (Å²) < 4.78 is 6.94. The zero-order valence-corrected chi connectivity index (χ0v) is 17.2. The number of amides is 1. The van der Waals surface area contributed by atoms with Gasteiger partial charge in [-0.2, -0.15) is 5.10 Å². The number of hydrogen-bond donors (Lipinski definition) is 2. The van der Waals surface area contributed by atoms with Gasteiger partial charge in [0, 0.05) is 5.69 Å². The normalized spacial score (nSPS) is 10.9. The van der Waals surface area contributed by atoms with E-state index < -0.39 is 0 Å². The molecule has 0 spiro atoms. The Hall–Kier alpha value is -3.59. The van der Waals surface area contributed by atoms with Crippen LogP contribution in [0.15, 0.2) is 64.7 Å². The van der Waals surface area contributed by atoms with Gasteiger partial charge in [-0.3, -0.25) is 9.59 Å². The lowest BCUT2D eigenvalue weighted by Crippen LogP contribution is -2.15. The van der Waals surface area contributed by atoms with Crippen LogP contribution in [0.5, 0.6) is 5.75 Å². The smallest absolute Gasteiger partial charge is 0.262 e. The van der Waals surface area contributed by atoms with Crippen LogP contribution in [0.1, 0.15) is 5.56 Å². The number of H-pyrrole nitrogens is 1. The monoisotopic (exact) mass is 421 g/mol. The molecular weight excluding hydrogens is 402 g/mol. The minimum atomic E-state index is -0.317. The summed E-state index contributed by atoms with van der Waals surface area (Å²) in [5.74, 6) is 0.520. The van der Waals surface area contributed by atoms with E-state index in [-0.39, 0.29) is 17.2 Å². The standard InChI is InChI=1S/C21H19N5O3S/c1-13-7-9-14(10-8-13)23-18(27)12-30-21-24-19-15(20(28)25-21)11-22-26(19)16-5-3-4-6-17(16)29-2/h3-11H,12H2,1-2H3,(H,23,27)(H,24,25,28). The molecule has 30 heavy (non-hydrogen) atoms. The number of aromatic amines is 1. The van der Waals surface area contributed by atoms with Crippen LogP contribution in [-0.2, 0) is 4.79 Å². The van der Waals surface area contributed by atoms with Crippen LogP contribution >= 0.6 is 11.8 Å². The van der Waals surface area contributed by atoms with Crippen molar-refractivity contribution in [3.8, 4) is 11.4 Å². The maximum Gasteiger partial charge on any atom is 0.262 e. The molecular formula is C21H19N5O3S. The quantitative estimate of drug-likeness (QED) is 0.366. The average molecular weight is 421 g/mol. The molecule has 0 aliphatic rings. The summed E-state index contributed by atoms with van der Waals surface area (Å²) in [6.45, 7) is 1.98. The SMILES string of the molecule is COc1ccccc1-n1ncc2c(=O)[nH]c(SCC(=O)Nc3ccc(C)cc3)nc21. The maximum atomic E-state index is 12.5. The van der Waals surface area contributed by atoms with Gasteiger partial charge in [-0.15, -0.1) is 0 Å². The maximum absolute atomic E-state index is 12.5. The molecule has 1 amide bonds. The first kappa shape index (κ1) is 19.7. The number of carbonyl (C=O) groups excluding carboxylic acids is 1. The number of anilines is 1. The second kappa shape index (κ2) is 8.42. The van der Waals surface area contributed by atoms with Crippen molar-refractivity contribution >= 4 is 34.4 Å². The molecule has 2 aromatic heterocycles. The third kappa shape index (κ3) is 4.06. The number of hydrogen-bond acceptors (Lipinski definition) is 6. The molecule has 2 aromatic carbocycles. The molecule has 2 heterocycles. The first-order chi connectivity index (χ1) is 14.5. The summed E-state index contributed by atoms with van der Waals surface area (Å²) in [5, 5.41) is 7.82. The number of nitrogens with zero attached hydrogens (tertiary/aromatic N) is 3. The van der Waals surface area contributed by atoms with Crippen LogP contribution < -0.4 is 15.6 Å². The molecule has 4 rings (SSSR count). The lowest BCUT2D eigenvalue weighted by molar-refractivity contribution is -0.113. The molecule has 8 nitrogen and oxygen atoms in total. The van der Waals surface area contributed by atoms with Gasteiger partial charge in [0.15, 0.2) is 10.8 Å². The van der Waals surface area contributed by atoms with E-state index in [0.29, 0.717) is 27.6 Å². The lowest BCUT2D eigenvalue weighted by Gasteiger charge is -2.09. The fourth-order valence-corrected chi connectivity index (χ4v) is 3.57. The first-order valence-corrected chi connectivity index (χ1v) is 10.1. The van der Waals surface area contributed by atoms with Crippen LogP contribution in [0.3, 0.4) is 0 Å². The van der Waals surface area contributed by atoms with E-state index >= 15 is 0 Å². The highest BCUT2D eigenvalue weighted by molar-refractivity contribution is 7.99. The lowest BCUT2D eigenvalue weighted by atomic mass is 10.2. The van der Waals surface area contributed by atoms with Crippen molar-refractivity contribution in [3.63, 3.8) is 0 Å². The van der Waals surface area contributed by atoms with E-state index in [4.69, 9.17) is 4.74 Å². The second-order valence-electron chi connectivity index (χ2n) is 6.54. The Kier molecular flexibility index (Phi) is 5.53. The number of thioether (sulfide) groups is 1. The van der Waals surface area contributed by atoms with Crippen molar-refractivity contribution in [1.29, 1.82) is 0 Å². The summed E-state index contributed by atoms with van der Waals surface area (Å²) in [4.78, 5) is 31.9. The number of para-hydroxylation sites is 2. The molecule has 152 valence electrons. The summed E-state index contributed by atoms with van der Waals surface area (Å²) >= 11 is 1.15. The third-order valence-electron chi connectivity index (χ3n) is 4.41. The number of aromatic nitrogens is 4. The summed E-state index contributed by atoms with van der Waals surface area (Å²) in [7, 11) is 1.57. The van der Waals surface area contributed by atoms with Gasteiger partial charge in [0.2, 0.25) is 5.91 Å². The molecule has 0 fully saturated rings. The minimum Gasteiger partial charge on any atom is -0.494 e. The Balaban J connectivity index is 1.57. The average Bonchev–Trinajstić information content (AvgIpc) is 3.18. The number of benzene rings is 2. The van der Waals surface area contributed by atoms with E-state index in [1.54, 1.807) is 17.9 Å². The Bertz CT molecular complexity index is 1260. The molecule has 0 saturated heterocycles. The van der Waals surface area contributed by atoms with Gasteiger partial charge in [0.05, 0.1) is 19.1 Å². The van der Waals surface area contributed by atoms with Crippen LogP contribution in [0.25, 0.3) is 16.7 Å². The largest absolute Gasteiger partial charge is 0.494 e. The fourth-order valence-electron chi connectivity index (χ4n) is 2.92. The second-order valence-corrected chi connectivity index (χ2v) is 7.50. The highest BCUT2D eigenvalue weighted by Crippen LogP contribution is 2.25. The summed E-state index contributed by atoms with van der Waals surface area (Å²) in [6, 6.07) is 14.9. The Labute approximate surface area is 176 Å². The number of nitrogens with one attached hydrogen (secondary N) is 2. The zero-order valence-electron chi connectivity index (χ0n) is 16.4. The van der Waals surface area contributed by atoms with Crippen LogP contribution in [0.2, 0.25) is 0 Å². The summed E-state index contributed by atoms with van der Waals surface area (Å²) in [6.07, 6.45) is 1.46. The van der Waals surface area contributed by atoms with E-state index in [0.717, 1.165) is 23.0 Å². The predicted molar refractivity (Wildman–Crippen MR) is 117 cm³/mol. The van der Waals surface area contributed by atoms with E-state index in [9.17, 15) is 9.59 Å². The topological polar surface area (TPSA) is 102 Å². The highest BCUT2D eigenvalue weighted by Gasteiger charge is 2.15. The number of methoxy groups -OCH3 is 1. The number of aryl methyl sites for hydroxylation is 1. The number of rotatable bonds is 6. The van der Waals surface area contributed by atoms with Gasteiger partial charge < -0.3 is 15.0 Å². The molecule has 4 aromatic rings. The van der Waals surface area contributed by atoms with Crippen LogP contribution in [-0.4, -0.2) is 38.5 Å². The van der Waals surface area contributed by atoms with Crippen molar-refractivity contribution in [3.05, 3.63) is 70.6 Å². The molecule has 9 heteroatoms. The molecule has 0 aliphatic carbocycles. The fraction of sp³-hybridized carbons (Fsp3) is 0.143. The van der Waals surface area contributed by atoms with Crippen molar-refractivity contribution in [2.24, 2.45) is 0 Å². The molecule has 0 unspecified atom stereocenters. The summed E-state index contributed by atoms with van der Waals surface area (Å²) in [5.41, 5.74) is 2.58. The van der Waals surface area contributed by atoms with E-state index in [2.05, 4.69) is 20.4 Å². The van der Waals surface area contributed by atoms with Gasteiger partial charge in [-0.05, 0) is 31.2 Å². The first-order valence-electron chi connectivity index (χ1n) is 9.16. The van der Waals surface area contributed by atoms with Gasteiger partial charge in [-0.1, -0.05) is 41.6 Å². The molecule has 0 atom stereocenters. The van der Waals surface area contributed by atoms with Gasteiger partial charge >= 0.3 is 0 Å². The Morgan fingerprint density at radius 2 is 1.97 bits per heavy atom.